The Balaban J connectivity index is 2.36. The van der Waals surface area contributed by atoms with Crippen LogP contribution in [-0.2, 0) is 6.54 Å². The van der Waals surface area contributed by atoms with E-state index in [-0.39, 0.29) is 6.54 Å². The van der Waals surface area contributed by atoms with Crippen LogP contribution in [0.4, 0.5) is 10.2 Å². The highest BCUT2D eigenvalue weighted by Crippen LogP contribution is 2.02. The van der Waals surface area contributed by atoms with E-state index < -0.39 is 17.1 Å². The van der Waals surface area contributed by atoms with Gasteiger partial charge in [-0.05, 0) is 11.6 Å². The highest BCUT2D eigenvalue weighted by Gasteiger charge is 2.04. The van der Waals surface area contributed by atoms with Gasteiger partial charge < -0.3 is 5.73 Å². The fourth-order valence-electron chi connectivity index (χ4n) is 1.33. The normalized spacial score (nSPS) is 10.4. The first-order chi connectivity index (χ1) is 8.06. The van der Waals surface area contributed by atoms with Crippen LogP contribution in [-0.4, -0.2) is 14.5 Å². The number of H-pyrrole nitrogens is 1. The second-order valence-corrected chi connectivity index (χ2v) is 3.46. The monoisotopic (exact) mass is 236 g/mol. The number of pyridine rings is 1. The van der Waals surface area contributed by atoms with Gasteiger partial charge in [0.2, 0.25) is 5.82 Å². The molecule has 17 heavy (non-hydrogen) atoms. The summed E-state index contributed by atoms with van der Waals surface area (Å²) in [5, 5.41) is 0. The summed E-state index contributed by atoms with van der Waals surface area (Å²) in [4.78, 5) is 27.9. The second-order valence-electron chi connectivity index (χ2n) is 3.46. The van der Waals surface area contributed by atoms with Gasteiger partial charge in [0.15, 0.2) is 0 Å². The quantitative estimate of drug-likeness (QED) is 0.748. The second kappa shape index (κ2) is 4.20. The van der Waals surface area contributed by atoms with E-state index in [1.807, 2.05) is 4.98 Å². The molecule has 0 aromatic carbocycles. The van der Waals surface area contributed by atoms with Crippen LogP contribution in [0.25, 0.3) is 0 Å². The Bertz CT molecular complexity index is 645. The highest BCUT2D eigenvalue weighted by molar-refractivity contribution is 5.29. The lowest BCUT2D eigenvalue weighted by Gasteiger charge is -2.04. The van der Waals surface area contributed by atoms with Gasteiger partial charge in [0.1, 0.15) is 5.82 Å². The van der Waals surface area contributed by atoms with Gasteiger partial charge >= 0.3 is 5.69 Å². The van der Waals surface area contributed by atoms with Crippen molar-refractivity contribution in [3.05, 3.63) is 56.7 Å². The van der Waals surface area contributed by atoms with Crippen molar-refractivity contribution < 1.29 is 4.39 Å². The van der Waals surface area contributed by atoms with Crippen LogP contribution in [0.2, 0.25) is 0 Å². The van der Waals surface area contributed by atoms with Crippen molar-refractivity contribution >= 4 is 5.82 Å². The van der Waals surface area contributed by atoms with Crippen LogP contribution in [0.15, 0.2) is 34.1 Å². The first kappa shape index (κ1) is 11.1. The zero-order valence-electron chi connectivity index (χ0n) is 8.68. The van der Waals surface area contributed by atoms with Gasteiger partial charge in [-0.2, -0.15) is 4.39 Å². The van der Waals surface area contributed by atoms with Crippen LogP contribution in [0, 0.1) is 5.82 Å². The maximum atomic E-state index is 13.0. The molecule has 0 atom stereocenters. The Morgan fingerprint density at radius 3 is 2.82 bits per heavy atom. The zero-order chi connectivity index (χ0) is 12.4. The average Bonchev–Trinajstić information content (AvgIpc) is 2.29. The van der Waals surface area contributed by atoms with E-state index in [0.717, 1.165) is 10.8 Å². The fourth-order valence-corrected chi connectivity index (χ4v) is 1.33. The van der Waals surface area contributed by atoms with Crippen molar-refractivity contribution in [1.82, 2.24) is 14.5 Å². The number of nitrogens with zero attached hydrogens (tertiary/aromatic N) is 2. The molecule has 0 saturated heterocycles. The Morgan fingerprint density at radius 2 is 2.18 bits per heavy atom. The van der Waals surface area contributed by atoms with Crippen molar-refractivity contribution in [2.45, 2.75) is 6.54 Å². The van der Waals surface area contributed by atoms with Gasteiger partial charge in [-0.15, -0.1) is 0 Å². The molecule has 6 nitrogen and oxygen atoms in total. The van der Waals surface area contributed by atoms with Crippen LogP contribution in [0.3, 0.4) is 0 Å². The molecule has 0 aliphatic rings. The van der Waals surface area contributed by atoms with Gasteiger partial charge in [0, 0.05) is 6.20 Å². The standard InChI is InChI=1S/C10H9FN4O2/c11-7-5-15(10(17)14-9(7)16)4-6-1-2-8(12)13-3-6/h1-3,5H,4H2,(H2,12,13)(H,14,16,17). The predicted molar refractivity (Wildman–Crippen MR) is 59.0 cm³/mol. The number of rotatable bonds is 2. The Labute approximate surface area is 94.6 Å². The third kappa shape index (κ3) is 2.39. The molecule has 0 aliphatic carbocycles. The van der Waals surface area contributed by atoms with E-state index in [4.69, 9.17) is 5.73 Å². The molecule has 2 aromatic rings. The zero-order valence-corrected chi connectivity index (χ0v) is 8.68. The fraction of sp³-hybridized carbons (Fsp3) is 0.100. The van der Waals surface area contributed by atoms with Crippen LogP contribution in [0.1, 0.15) is 5.56 Å². The number of hydrogen-bond donors (Lipinski definition) is 2. The number of nitrogens with two attached hydrogens (primary N) is 1. The molecule has 2 aromatic heterocycles. The van der Waals surface area contributed by atoms with Crippen molar-refractivity contribution in [3.63, 3.8) is 0 Å². The molecule has 0 unspecified atom stereocenters. The lowest BCUT2D eigenvalue weighted by Crippen LogP contribution is -2.31. The smallest absolute Gasteiger partial charge is 0.328 e. The molecule has 0 spiro atoms. The van der Waals surface area contributed by atoms with Gasteiger partial charge in [0.05, 0.1) is 12.7 Å². The van der Waals surface area contributed by atoms with E-state index in [0.29, 0.717) is 11.4 Å². The summed E-state index contributed by atoms with van der Waals surface area (Å²) in [5.74, 6) is -0.651. The lowest BCUT2D eigenvalue weighted by atomic mass is 10.3. The number of aromatic nitrogens is 3. The summed E-state index contributed by atoms with van der Waals surface area (Å²) < 4.78 is 14.0. The molecule has 7 heteroatoms. The van der Waals surface area contributed by atoms with Crippen LogP contribution < -0.4 is 17.0 Å². The van der Waals surface area contributed by atoms with E-state index in [1.54, 1.807) is 12.1 Å². The largest absolute Gasteiger partial charge is 0.384 e. The average molecular weight is 236 g/mol. The molecule has 0 aliphatic heterocycles. The first-order valence-corrected chi connectivity index (χ1v) is 4.76. The van der Waals surface area contributed by atoms with Crippen molar-refractivity contribution in [1.29, 1.82) is 0 Å². The third-order valence-corrected chi connectivity index (χ3v) is 2.17. The minimum absolute atomic E-state index is 0.111. The van der Waals surface area contributed by atoms with Crippen molar-refractivity contribution in [2.24, 2.45) is 0 Å². The molecule has 88 valence electrons. The van der Waals surface area contributed by atoms with Gasteiger partial charge in [-0.25, -0.2) is 9.78 Å². The molecular formula is C10H9FN4O2. The highest BCUT2D eigenvalue weighted by atomic mass is 19.1. The molecule has 0 fully saturated rings. The van der Waals surface area contributed by atoms with Crippen LogP contribution >= 0.6 is 0 Å². The maximum absolute atomic E-state index is 13.0. The summed E-state index contributed by atoms with van der Waals surface area (Å²) in [7, 11) is 0. The minimum Gasteiger partial charge on any atom is -0.384 e. The summed E-state index contributed by atoms with van der Waals surface area (Å²) in [6, 6.07) is 3.24. The number of nitrogen functional groups attached to an aromatic ring is 1. The Morgan fingerprint density at radius 1 is 1.41 bits per heavy atom. The summed E-state index contributed by atoms with van der Waals surface area (Å²) in [6.45, 7) is 0.111. The van der Waals surface area contributed by atoms with Crippen LogP contribution in [0.5, 0.6) is 0 Å². The SMILES string of the molecule is Nc1ccc(Cn2cc(F)c(=O)[nH]c2=O)cn1. The molecular weight excluding hydrogens is 227 g/mol. The number of anilines is 1. The molecule has 0 bridgehead atoms. The summed E-state index contributed by atoms with van der Waals surface area (Å²) in [5.41, 5.74) is 4.38. The maximum Gasteiger partial charge on any atom is 0.328 e. The summed E-state index contributed by atoms with van der Waals surface area (Å²) >= 11 is 0. The Hall–Kier alpha value is -2.44. The predicted octanol–water partition coefficient (Wildman–Crippen LogP) is -0.299. The molecule has 2 heterocycles. The number of nitrogens with one attached hydrogen (secondary N) is 1. The van der Waals surface area contributed by atoms with E-state index >= 15 is 0 Å². The van der Waals surface area contributed by atoms with Gasteiger partial charge in [0.25, 0.3) is 5.56 Å². The van der Waals surface area contributed by atoms with Crippen molar-refractivity contribution in [3.8, 4) is 0 Å². The molecule has 3 N–H and O–H groups in total. The number of halogens is 1. The van der Waals surface area contributed by atoms with Gasteiger partial charge in [-0.3, -0.25) is 14.3 Å². The lowest BCUT2D eigenvalue weighted by molar-refractivity contribution is 0.566. The van der Waals surface area contributed by atoms with E-state index in [1.165, 1.54) is 6.20 Å². The minimum atomic E-state index is -1.03. The third-order valence-electron chi connectivity index (χ3n) is 2.17. The topological polar surface area (TPSA) is 93.8 Å². The van der Waals surface area contributed by atoms with Crippen molar-refractivity contribution in [2.75, 3.05) is 5.73 Å². The molecule has 2 rings (SSSR count). The molecule has 0 amide bonds. The van der Waals surface area contributed by atoms with E-state index in [9.17, 15) is 14.0 Å². The number of hydrogen-bond acceptors (Lipinski definition) is 4. The Kier molecular flexibility index (Phi) is 2.73. The molecule has 0 saturated carbocycles. The summed E-state index contributed by atoms with van der Waals surface area (Å²) in [6.07, 6.45) is 2.34. The van der Waals surface area contributed by atoms with E-state index in [2.05, 4.69) is 4.98 Å². The molecule has 0 radical (unpaired) electrons. The van der Waals surface area contributed by atoms with Gasteiger partial charge in [-0.1, -0.05) is 6.07 Å². The number of aromatic amines is 1. The first-order valence-electron chi connectivity index (χ1n) is 4.76.